The Morgan fingerprint density at radius 1 is 1.15 bits per heavy atom. The SMILES string of the molecule is CCc1ccc(OCC2CCC(C(=O)OC)CC2)cc1. The molecule has 0 N–H and O–H groups in total. The first-order valence-electron chi connectivity index (χ1n) is 7.52. The van der Waals surface area contributed by atoms with E-state index in [0.29, 0.717) is 5.92 Å². The van der Waals surface area contributed by atoms with E-state index in [1.807, 2.05) is 12.1 Å². The Hall–Kier alpha value is -1.51. The van der Waals surface area contributed by atoms with Gasteiger partial charge in [-0.05, 0) is 55.7 Å². The molecule has 1 aromatic carbocycles. The van der Waals surface area contributed by atoms with Gasteiger partial charge < -0.3 is 9.47 Å². The van der Waals surface area contributed by atoms with Crippen LogP contribution in [0.1, 0.15) is 38.2 Å². The van der Waals surface area contributed by atoms with Crippen LogP contribution in [0, 0.1) is 11.8 Å². The van der Waals surface area contributed by atoms with Crippen molar-refractivity contribution in [2.75, 3.05) is 13.7 Å². The lowest BCUT2D eigenvalue weighted by atomic mass is 9.82. The van der Waals surface area contributed by atoms with Crippen molar-refractivity contribution in [2.45, 2.75) is 39.0 Å². The van der Waals surface area contributed by atoms with Crippen molar-refractivity contribution < 1.29 is 14.3 Å². The van der Waals surface area contributed by atoms with Crippen LogP contribution in [-0.4, -0.2) is 19.7 Å². The second kappa shape index (κ2) is 7.32. The van der Waals surface area contributed by atoms with Gasteiger partial charge in [0.2, 0.25) is 0 Å². The Morgan fingerprint density at radius 3 is 2.35 bits per heavy atom. The van der Waals surface area contributed by atoms with E-state index in [2.05, 4.69) is 19.1 Å². The minimum Gasteiger partial charge on any atom is -0.493 e. The summed E-state index contributed by atoms with van der Waals surface area (Å²) in [5, 5.41) is 0. The highest BCUT2D eigenvalue weighted by Gasteiger charge is 2.27. The molecule has 0 saturated heterocycles. The zero-order valence-electron chi connectivity index (χ0n) is 12.4. The lowest BCUT2D eigenvalue weighted by molar-refractivity contribution is -0.146. The minimum atomic E-state index is -0.0560. The minimum absolute atomic E-state index is 0.0560. The van der Waals surface area contributed by atoms with Gasteiger partial charge in [-0.2, -0.15) is 0 Å². The van der Waals surface area contributed by atoms with Gasteiger partial charge in [0.15, 0.2) is 0 Å². The second-order valence-electron chi connectivity index (χ2n) is 5.55. The summed E-state index contributed by atoms with van der Waals surface area (Å²) < 4.78 is 10.7. The van der Waals surface area contributed by atoms with Crippen LogP contribution in [0.4, 0.5) is 0 Å². The average molecular weight is 276 g/mol. The molecule has 1 saturated carbocycles. The quantitative estimate of drug-likeness (QED) is 0.771. The maximum Gasteiger partial charge on any atom is 0.308 e. The monoisotopic (exact) mass is 276 g/mol. The lowest BCUT2D eigenvalue weighted by Gasteiger charge is -2.26. The van der Waals surface area contributed by atoms with Crippen molar-refractivity contribution in [3.05, 3.63) is 29.8 Å². The zero-order valence-corrected chi connectivity index (χ0v) is 12.4. The molecule has 0 radical (unpaired) electrons. The normalized spacial score (nSPS) is 22.3. The topological polar surface area (TPSA) is 35.5 Å². The van der Waals surface area contributed by atoms with Gasteiger partial charge in [0.1, 0.15) is 5.75 Å². The first-order chi connectivity index (χ1) is 9.72. The molecule has 2 rings (SSSR count). The number of methoxy groups -OCH3 is 1. The number of carbonyl (C=O) groups is 1. The van der Waals surface area contributed by atoms with E-state index < -0.39 is 0 Å². The summed E-state index contributed by atoms with van der Waals surface area (Å²) in [6, 6.07) is 8.31. The number of rotatable bonds is 5. The fourth-order valence-corrected chi connectivity index (χ4v) is 2.77. The predicted molar refractivity (Wildman–Crippen MR) is 78.8 cm³/mol. The van der Waals surface area contributed by atoms with E-state index in [1.165, 1.54) is 12.7 Å². The molecule has 0 atom stereocenters. The molecule has 1 aliphatic rings. The van der Waals surface area contributed by atoms with Gasteiger partial charge in [-0.3, -0.25) is 4.79 Å². The van der Waals surface area contributed by atoms with Gasteiger partial charge in [0, 0.05) is 0 Å². The second-order valence-corrected chi connectivity index (χ2v) is 5.55. The van der Waals surface area contributed by atoms with Crippen LogP contribution in [0.25, 0.3) is 0 Å². The summed E-state index contributed by atoms with van der Waals surface area (Å²) in [7, 11) is 1.47. The Labute approximate surface area is 121 Å². The van der Waals surface area contributed by atoms with Crippen LogP contribution in [0.15, 0.2) is 24.3 Å². The fraction of sp³-hybridized carbons (Fsp3) is 0.588. The molecule has 110 valence electrons. The summed E-state index contributed by atoms with van der Waals surface area (Å²) in [5.41, 5.74) is 1.33. The molecule has 0 unspecified atom stereocenters. The molecule has 1 fully saturated rings. The van der Waals surface area contributed by atoms with E-state index in [0.717, 1.165) is 44.5 Å². The van der Waals surface area contributed by atoms with Gasteiger partial charge in [-0.25, -0.2) is 0 Å². The Kier molecular flexibility index (Phi) is 5.45. The third kappa shape index (κ3) is 3.99. The highest BCUT2D eigenvalue weighted by Crippen LogP contribution is 2.30. The molecule has 0 aliphatic heterocycles. The first kappa shape index (κ1) is 14.9. The smallest absolute Gasteiger partial charge is 0.308 e. The van der Waals surface area contributed by atoms with Crippen LogP contribution in [0.3, 0.4) is 0 Å². The molecular formula is C17H24O3. The van der Waals surface area contributed by atoms with Crippen LogP contribution >= 0.6 is 0 Å². The molecule has 1 aromatic rings. The molecule has 3 nitrogen and oxygen atoms in total. The number of esters is 1. The van der Waals surface area contributed by atoms with Gasteiger partial charge >= 0.3 is 5.97 Å². The standard InChI is InChI=1S/C17H24O3/c1-3-13-6-10-16(11-7-13)20-12-14-4-8-15(9-5-14)17(18)19-2/h6-7,10-11,14-15H,3-5,8-9,12H2,1-2H3. The lowest BCUT2D eigenvalue weighted by Crippen LogP contribution is -2.25. The van der Waals surface area contributed by atoms with Crippen molar-refractivity contribution in [1.82, 2.24) is 0 Å². The Morgan fingerprint density at radius 2 is 1.80 bits per heavy atom. The Bertz CT molecular complexity index is 416. The summed E-state index contributed by atoms with van der Waals surface area (Å²) in [6.07, 6.45) is 5.00. The molecular weight excluding hydrogens is 252 g/mol. The zero-order chi connectivity index (χ0) is 14.4. The van der Waals surface area contributed by atoms with E-state index in [4.69, 9.17) is 9.47 Å². The fourth-order valence-electron chi connectivity index (χ4n) is 2.77. The van der Waals surface area contributed by atoms with Gasteiger partial charge in [0.25, 0.3) is 0 Å². The number of carbonyl (C=O) groups excluding carboxylic acids is 1. The highest BCUT2D eigenvalue weighted by molar-refractivity contribution is 5.72. The predicted octanol–water partition coefficient (Wildman–Crippen LogP) is 3.61. The summed E-state index contributed by atoms with van der Waals surface area (Å²) in [5.74, 6) is 1.54. The number of hydrogen-bond donors (Lipinski definition) is 0. The van der Waals surface area contributed by atoms with Crippen LogP contribution < -0.4 is 4.74 Å². The molecule has 3 heteroatoms. The third-order valence-corrected chi connectivity index (χ3v) is 4.20. The molecule has 20 heavy (non-hydrogen) atoms. The third-order valence-electron chi connectivity index (χ3n) is 4.20. The van der Waals surface area contributed by atoms with Crippen molar-refractivity contribution in [2.24, 2.45) is 11.8 Å². The molecule has 0 heterocycles. The highest BCUT2D eigenvalue weighted by atomic mass is 16.5. The van der Waals surface area contributed by atoms with Crippen LogP contribution in [0.5, 0.6) is 5.75 Å². The largest absolute Gasteiger partial charge is 0.493 e. The molecule has 0 bridgehead atoms. The number of benzene rings is 1. The average Bonchev–Trinajstić information content (AvgIpc) is 2.53. The summed E-state index contributed by atoms with van der Waals surface area (Å²) in [6.45, 7) is 2.90. The molecule has 1 aliphatic carbocycles. The van der Waals surface area contributed by atoms with Crippen LogP contribution in [-0.2, 0) is 16.0 Å². The van der Waals surface area contributed by atoms with Crippen molar-refractivity contribution >= 4 is 5.97 Å². The van der Waals surface area contributed by atoms with Gasteiger partial charge in [-0.1, -0.05) is 19.1 Å². The van der Waals surface area contributed by atoms with E-state index in [9.17, 15) is 4.79 Å². The molecule has 0 spiro atoms. The number of hydrogen-bond acceptors (Lipinski definition) is 3. The van der Waals surface area contributed by atoms with Gasteiger partial charge in [0.05, 0.1) is 19.6 Å². The summed E-state index contributed by atoms with van der Waals surface area (Å²) >= 11 is 0. The maximum atomic E-state index is 11.5. The maximum absolute atomic E-state index is 11.5. The van der Waals surface area contributed by atoms with Crippen LogP contribution in [0.2, 0.25) is 0 Å². The Balaban J connectivity index is 1.74. The van der Waals surface area contributed by atoms with Gasteiger partial charge in [-0.15, -0.1) is 0 Å². The van der Waals surface area contributed by atoms with E-state index in [1.54, 1.807) is 0 Å². The van der Waals surface area contributed by atoms with Crippen molar-refractivity contribution in [1.29, 1.82) is 0 Å². The van der Waals surface area contributed by atoms with E-state index in [-0.39, 0.29) is 11.9 Å². The van der Waals surface area contributed by atoms with Crippen molar-refractivity contribution in [3.8, 4) is 5.75 Å². The number of aryl methyl sites for hydroxylation is 1. The number of ether oxygens (including phenoxy) is 2. The van der Waals surface area contributed by atoms with E-state index >= 15 is 0 Å². The summed E-state index contributed by atoms with van der Waals surface area (Å²) in [4.78, 5) is 11.5. The molecule has 0 amide bonds. The first-order valence-corrected chi connectivity index (χ1v) is 7.52. The molecule has 0 aromatic heterocycles. The van der Waals surface area contributed by atoms with Crippen molar-refractivity contribution in [3.63, 3.8) is 0 Å².